The molecule has 0 amide bonds. The van der Waals surface area contributed by atoms with E-state index in [-0.39, 0.29) is 0 Å². The predicted molar refractivity (Wildman–Crippen MR) is 56.5 cm³/mol. The van der Waals surface area contributed by atoms with Gasteiger partial charge in [-0.3, -0.25) is 0 Å². The zero-order chi connectivity index (χ0) is 9.23. The van der Waals surface area contributed by atoms with E-state index in [2.05, 4.69) is 26.1 Å². The second kappa shape index (κ2) is 9.05. The largest absolute Gasteiger partial charge is 0.317 e. The molecule has 0 aliphatic heterocycles. The van der Waals surface area contributed by atoms with Gasteiger partial charge in [-0.1, -0.05) is 46.5 Å². The summed E-state index contributed by atoms with van der Waals surface area (Å²) in [4.78, 5) is 0. The van der Waals surface area contributed by atoms with E-state index in [1.807, 2.05) is 0 Å². The van der Waals surface area contributed by atoms with Crippen LogP contribution in [0.2, 0.25) is 0 Å². The highest BCUT2D eigenvalue weighted by molar-refractivity contribution is 4.55. The number of rotatable bonds is 8. The lowest BCUT2D eigenvalue weighted by atomic mass is 10.00. The molecule has 0 bridgehead atoms. The Balaban J connectivity index is 3.04. The van der Waals surface area contributed by atoms with Gasteiger partial charge in [0.1, 0.15) is 0 Å². The Morgan fingerprint density at radius 1 is 1.08 bits per heavy atom. The van der Waals surface area contributed by atoms with Crippen LogP contribution >= 0.6 is 0 Å². The van der Waals surface area contributed by atoms with Crippen molar-refractivity contribution in [2.75, 3.05) is 13.1 Å². The molecule has 0 radical (unpaired) electrons. The van der Waals surface area contributed by atoms with Crippen LogP contribution in [0.25, 0.3) is 0 Å². The quantitative estimate of drug-likeness (QED) is 0.553. The topological polar surface area (TPSA) is 12.0 Å². The monoisotopic (exact) mass is 171 g/mol. The fourth-order valence-corrected chi connectivity index (χ4v) is 1.41. The van der Waals surface area contributed by atoms with Crippen LogP contribution in [0.15, 0.2) is 0 Å². The fourth-order valence-electron chi connectivity index (χ4n) is 1.41. The summed E-state index contributed by atoms with van der Waals surface area (Å²) < 4.78 is 0. The molecule has 0 heterocycles. The first-order chi connectivity index (χ1) is 5.81. The van der Waals surface area contributed by atoms with Crippen LogP contribution in [0, 0.1) is 5.92 Å². The first-order valence-electron chi connectivity index (χ1n) is 5.52. The van der Waals surface area contributed by atoms with Crippen molar-refractivity contribution in [3.05, 3.63) is 0 Å². The van der Waals surface area contributed by atoms with E-state index in [0.29, 0.717) is 0 Å². The van der Waals surface area contributed by atoms with Crippen molar-refractivity contribution in [3.8, 4) is 0 Å². The molecule has 12 heavy (non-hydrogen) atoms. The second-order valence-corrected chi connectivity index (χ2v) is 3.74. The predicted octanol–water partition coefficient (Wildman–Crippen LogP) is 3.20. The molecule has 74 valence electrons. The van der Waals surface area contributed by atoms with Crippen molar-refractivity contribution in [1.82, 2.24) is 5.32 Å². The number of unbranched alkanes of at least 4 members (excludes halogenated alkanes) is 2. The molecule has 1 N–H and O–H groups in total. The summed E-state index contributed by atoms with van der Waals surface area (Å²) in [5.41, 5.74) is 0. The third kappa shape index (κ3) is 8.06. The number of nitrogens with one attached hydrogen (secondary N) is 1. The summed E-state index contributed by atoms with van der Waals surface area (Å²) in [5.74, 6) is 0.913. The third-order valence-electron chi connectivity index (χ3n) is 2.36. The summed E-state index contributed by atoms with van der Waals surface area (Å²) in [6, 6.07) is 0. The summed E-state index contributed by atoms with van der Waals surface area (Å²) in [6.45, 7) is 9.11. The molecule has 0 aromatic heterocycles. The van der Waals surface area contributed by atoms with Gasteiger partial charge in [-0.15, -0.1) is 0 Å². The normalized spacial score (nSPS) is 13.2. The zero-order valence-electron chi connectivity index (χ0n) is 9.03. The van der Waals surface area contributed by atoms with E-state index < -0.39 is 0 Å². The molecule has 0 saturated carbocycles. The smallest absolute Gasteiger partial charge is 0.00465 e. The Morgan fingerprint density at radius 3 is 2.42 bits per heavy atom. The van der Waals surface area contributed by atoms with Crippen LogP contribution in [0.5, 0.6) is 0 Å². The number of hydrogen-bond acceptors (Lipinski definition) is 1. The standard InChI is InChI=1S/C11H25N/c1-4-6-7-8-11(3)9-10-12-5-2/h11-12H,4-10H2,1-3H3. The molecule has 0 fully saturated rings. The molecular formula is C11H25N. The highest BCUT2D eigenvalue weighted by atomic mass is 14.8. The van der Waals surface area contributed by atoms with Crippen LogP contribution < -0.4 is 5.32 Å². The van der Waals surface area contributed by atoms with Gasteiger partial charge in [0.25, 0.3) is 0 Å². The van der Waals surface area contributed by atoms with Gasteiger partial charge in [0.05, 0.1) is 0 Å². The van der Waals surface area contributed by atoms with Gasteiger partial charge in [0, 0.05) is 0 Å². The van der Waals surface area contributed by atoms with E-state index in [1.165, 1.54) is 38.6 Å². The molecule has 1 atom stereocenters. The summed E-state index contributed by atoms with van der Waals surface area (Å²) in [6.07, 6.45) is 6.94. The van der Waals surface area contributed by atoms with Gasteiger partial charge >= 0.3 is 0 Å². The third-order valence-corrected chi connectivity index (χ3v) is 2.36. The minimum Gasteiger partial charge on any atom is -0.317 e. The number of hydrogen-bond donors (Lipinski definition) is 1. The minimum atomic E-state index is 0.913. The lowest BCUT2D eigenvalue weighted by molar-refractivity contribution is 0.451. The summed E-state index contributed by atoms with van der Waals surface area (Å²) in [7, 11) is 0. The fraction of sp³-hybridized carbons (Fsp3) is 1.00. The summed E-state index contributed by atoms with van der Waals surface area (Å²) >= 11 is 0. The second-order valence-electron chi connectivity index (χ2n) is 3.74. The lowest BCUT2D eigenvalue weighted by Crippen LogP contribution is -2.16. The highest BCUT2D eigenvalue weighted by Gasteiger charge is 1.99. The maximum absolute atomic E-state index is 3.37. The van der Waals surface area contributed by atoms with Gasteiger partial charge in [-0.25, -0.2) is 0 Å². The Hall–Kier alpha value is -0.0400. The van der Waals surface area contributed by atoms with E-state index in [1.54, 1.807) is 0 Å². The van der Waals surface area contributed by atoms with E-state index in [0.717, 1.165) is 12.5 Å². The van der Waals surface area contributed by atoms with Crippen LogP contribution in [0.1, 0.15) is 52.9 Å². The first kappa shape index (κ1) is 12.0. The first-order valence-corrected chi connectivity index (χ1v) is 5.52. The maximum atomic E-state index is 3.37. The van der Waals surface area contributed by atoms with Crippen molar-refractivity contribution < 1.29 is 0 Å². The van der Waals surface area contributed by atoms with Crippen LogP contribution in [-0.4, -0.2) is 13.1 Å². The lowest BCUT2D eigenvalue weighted by Gasteiger charge is -2.10. The van der Waals surface area contributed by atoms with E-state index in [9.17, 15) is 0 Å². The van der Waals surface area contributed by atoms with Gasteiger partial charge in [-0.05, 0) is 25.4 Å². The maximum Gasteiger partial charge on any atom is -0.00465 e. The molecule has 0 aromatic rings. The van der Waals surface area contributed by atoms with Gasteiger partial charge in [-0.2, -0.15) is 0 Å². The molecule has 0 rings (SSSR count). The Bertz CT molecular complexity index is 71.1. The molecule has 0 spiro atoms. The molecule has 1 heteroatoms. The Labute approximate surface area is 77.9 Å². The highest BCUT2D eigenvalue weighted by Crippen LogP contribution is 2.11. The molecule has 0 aliphatic carbocycles. The van der Waals surface area contributed by atoms with Crippen LogP contribution in [-0.2, 0) is 0 Å². The summed E-state index contributed by atoms with van der Waals surface area (Å²) in [5, 5.41) is 3.37. The molecule has 0 aromatic carbocycles. The van der Waals surface area contributed by atoms with Crippen LogP contribution in [0.4, 0.5) is 0 Å². The van der Waals surface area contributed by atoms with Crippen molar-refractivity contribution in [2.45, 2.75) is 52.9 Å². The van der Waals surface area contributed by atoms with Gasteiger partial charge in [0.15, 0.2) is 0 Å². The van der Waals surface area contributed by atoms with Crippen molar-refractivity contribution in [1.29, 1.82) is 0 Å². The molecule has 1 nitrogen and oxygen atoms in total. The van der Waals surface area contributed by atoms with Crippen molar-refractivity contribution in [2.24, 2.45) is 5.92 Å². The Morgan fingerprint density at radius 2 is 1.83 bits per heavy atom. The van der Waals surface area contributed by atoms with E-state index >= 15 is 0 Å². The van der Waals surface area contributed by atoms with E-state index in [4.69, 9.17) is 0 Å². The Kier molecular flexibility index (Phi) is 9.02. The molecule has 0 aliphatic rings. The van der Waals surface area contributed by atoms with Crippen molar-refractivity contribution in [3.63, 3.8) is 0 Å². The average Bonchev–Trinajstić information content (AvgIpc) is 2.06. The van der Waals surface area contributed by atoms with Gasteiger partial charge in [0.2, 0.25) is 0 Å². The average molecular weight is 171 g/mol. The molecular weight excluding hydrogens is 146 g/mol. The van der Waals surface area contributed by atoms with Gasteiger partial charge < -0.3 is 5.32 Å². The zero-order valence-corrected chi connectivity index (χ0v) is 9.03. The SMILES string of the molecule is CCCCCC(C)CCNCC. The minimum absolute atomic E-state index is 0.913. The van der Waals surface area contributed by atoms with Crippen molar-refractivity contribution >= 4 is 0 Å². The van der Waals surface area contributed by atoms with Crippen LogP contribution in [0.3, 0.4) is 0 Å². The molecule has 0 saturated heterocycles. The molecule has 1 unspecified atom stereocenters.